The number of cyclic esters (lactones) is 1. The molecule has 0 radical (unpaired) electrons. The van der Waals surface area contributed by atoms with Crippen LogP contribution in [0.1, 0.15) is 25.8 Å². The summed E-state index contributed by atoms with van der Waals surface area (Å²) in [6.07, 6.45) is 0.852. The Bertz CT molecular complexity index is 490. The molecule has 0 spiro atoms. The van der Waals surface area contributed by atoms with Gasteiger partial charge in [-0.1, -0.05) is 50.6 Å². The van der Waals surface area contributed by atoms with Crippen molar-refractivity contribution in [3.05, 3.63) is 35.9 Å². The number of carbonyl (C=O) groups is 2. The molecule has 0 aromatic heterocycles. The highest BCUT2D eigenvalue weighted by Gasteiger charge is 2.35. The molecule has 1 aromatic carbocycles. The first-order valence-corrected chi connectivity index (χ1v) is 7.36. The molecule has 0 saturated carbocycles. The fourth-order valence-corrected chi connectivity index (χ4v) is 2.28. The van der Waals surface area contributed by atoms with Crippen LogP contribution in [0.2, 0.25) is 0 Å². The van der Waals surface area contributed by atoms with Gasteiger partial charge in [-0.3, -0.25) is 14.9 Å². The second kappa shape index (κ2) is 7.22. The lowest BCUT2D eigenvalue weighted by Crippen LogP contribution is -2.59. The number of hydrogen-bond acceptors (Lipinski definition) is 4. The molecule has 21 heavy (non-hydrogen) atoms. The van der Waals surface area contributed by atoms with Crippen LogP contribution < -0.4 is 10.6 Å². The summed E-state index contributed by atoms with van der Waals surface area (Å²) >= 11 is 0. The molecule has 2 rings (SSSR count). The van der Waals surface area contributed by atoms with Gasteiger partial charge in [0, 0.05) is 6.54 Å². The van der Waals surface area contributed by atoms with Gasteiger partial charge in [0.2, 0.25) is 5.91 Å². The molecule has 3 atom stereocenters. The maximum absolute atomic E-state index is 12.2. The van der Waals surface area contributed by atoms with Gasteiger partial charge >= 0.3 is 5.97 Å². The molecule has 5 heteroatoms. The van der Waals surface area contributed by atoms with Gasteiger partial charge in [0.05, 0.1) is 0 Å². The third-order valence-electron chi connectivity index (χ3n) is 3.87. The summed E-state index contributed by atoms with van der Waals surface area (Å²) in [7, 11) is 0. The van der Waals surface area contributed by atoms with Crippen LogP contribution in [0.5, 0.6) is 0 Å². The summed E-state index contributed by atoms with van der Waals surface area (Å²) in [6.45, 7) is 4.55. The first-order chi connectivity index (χ1) is 10.1. The molecule has 1 amide bonds. The highest BCUT2D eigenvalue weighted by Crippen LogP contribution is 2.14. The quantitative estimate of drug-likeness (QED) is 0.801. The number of amides is 1. The molecule has 0 bridgehead atoms. The van der Waals surface area contributed by atoms with E-state index >= 15 is 0 Å². The molecular formula is C16H22N2O3. The molecule has 1 aliphatic heterocycles. The molecule has 1 aliphatic rings. The Hall–Kier alpha value is -1.88. The minimum absolute atomic E-state index is 0.0897. The SMILES string of the molecule is CCC(C)[C@@H]1NC(C(=O)NCc2ccccc2)COC1=O. The van der Waals surface area contributed by atoms with E-state index in [0.29, 0.717) is 6.54 Å². The Kier molecular flexibility index (Phi) is 5.33. The summed E-state index contributed by atoms with van der Waals surface area (Å²) in [6, 6.07) is 8.82. The van der Waals surface area contributed by atoms with Crippen LogP contribution >= 0.6 is 0 Å². The van der Waals surface area contributed by atoms with E-state index in [4.69, 9.17) is 4.74 Å². The van der Waals surface area contributed by atoms with Crippen molar-refractivity contribution in [2.45, 2.75) is 38.9 Å². The van der Waals surface area contributed by atoms with Crippen LogP contribution in [0.4, 0.5) is 0 Å². The number of benzene rings is 1. The molecular weight excluding hydrogens is 268 g/mol. The van der Waals surface area contributed by atoms with Gasteiger partial charge in [0.25, 0.3) is 0 Å². The molecule has 114 valence electrons. The topological polar surface area (TPSA) is 67.4 Å². The van der Waals surface area contributed by atoms with Crippen LogP contribution in [0.15, 0.2) is 30.3 Å². The maximum atomic E-state index is 12.2. The number of ether oxygens (including phenoxy) is 1. The van der Waals surface area contributed by atoms with E-state index in [2.05, 4.69) is 10.6 Å². The number of morpholine rings is 1. The van der Waals surface area contributed by atoms with E-state index in [9.17, 15) is 9.59 Å². The van der Waals surface area contributed by atoms with Crippen molar-refractivity contribution in [3.8, 4) is 0 Å². The van der Waals surface area contributed by atoms with Crippen LogP contribution in [-0.2, 0) is 20.9 Å². The number of esters is 1. The summed E-state index contributed by atoms with van der Waals surface area (Å²) in [5.74, 6) is -0.265. The van der Waals surface area contributed by atoms with Crippen molar-refractivity contribution in [1.82, 2.24) is 10.6 Å². The fraction of sp³-hybridized carbons (Fsp3) is 0.500. The Morgan fingerprint density at radius 3 is 2.81 bits per heavy atom. The summed E-state index contributed by atoms with van der Waals surface area (Å²) in [4.78, 5) is 23.9. The minimum atomic E-state index is -0.481. The van der Waals surface area contributed by atoms with Gasteiger partial charge < -0.3 is 10.1 Å². The second-order valence-electron chi connectivity index (χ2n) is 5.42. The van der Waals surface area contributed by atoms with Crippen molar-refractivity contribution in [1.29, 1.82) is 0 Å². The average molecular weight is 290 g/mol. The first-order valence-electron chi connectivity index (χ1n) is 7.36. The molecule has 1 saturated heterocycles. The molecule has 1 fully saturated rings. The van der Waals surface area contributed by atoms with Crippen molar-refractivity contribution in [2.24, 2.45) is 5.92 Å². The summed E-state index contributed by atoms with van der Waals surface area (Å²) in [5.41, 5.74) is 1.04. The fourth-order valence-electron chi connectivity index (χ4n) is 2.28. The zero-order valence-corrected chi connectivity index (χ0v) is 12.5. The number of hydrogen-bond donors (Lipinski definition) is 2. The average Bonchev–Trinajstić information content (AvgIpc) is 2.53. The van der Waals surface area contributed by atoms with Gasteiger partial charge in [-0.25, -0.2) is 0 Å². The maximum Gasteiger partial charge on any atom is 0.323 e. The molecule has 1 aromatic rings. The second-order valence-corrected chi connectivity index (χ2v) is 5.42. The zero-order chi connectivity index (χ0) is 15.2. The Labute approximate surface area is 125 Å². The Morgan fingerprint density at radius 2 is 2.14 bits per heavy atom. The lowest BCUT2D eigenvalue weighted by atomic mass is 9.97. The van der Waals surface area contributed by atoms with Crippen LogP contribution in [0.25, 0.3) is 0 Å². The van der Waals surface area contributed by atoms with E-state index in [-0.39, 0.29) is 24.4 Å². The Morgan fingerprint density at radius 1 is 1.43 bits per heavy atom. The highest BCUT2D eigenvalue weighted by atomic mass is 16.5. The molecule has 5 nitrogen and oxygen atoms in total. The van der Waals surface area contributed by atoms with E-state index < -0.39 is 12.1 Å². The number of rotatable bonds is 5. The largest absolute Gasteiger partial charge is 0.462 e. The standard InChI is InChI=1S/C16H22N2O3/c1-3-11(2)14-16(20)21-10-13(18-14)15(19)17-9-12-7-5-4-6-8-12/h4-8,11,13-14,18H,3,9-10H2,1-2H3,(H,17,19)/t11?,13?,14-/m0/s1. The van der Waals surface area contributed by atoms with Crippen LogP contribution in [0, 0.1) is 5.92 Å². The lowest BCUT2D eigenvalue weighted by molar-refractivity contribution is -0.155. The van der Waals surface area contributed by atoms with Crippen LogP contribution in [-0.4, -0.2) is 30.6 Å². The van der Waals surface area contributed by atoms with Crippen molar-refractivity contribution >= 4 is 11.9 Å². The number of carbonyl (C=O) groups excluding carboxylic acids is 2. The molecule has 0 aliphatic carbocycles. The lowest BCUT2D eigenvalue weighted by Gasteiger charge is -2.32. The van der Waals surface area contributed by atoms with E-state index in [1.807, 2.05) is 44.2 Å². The number of nitrogens with one attached hydrogen (secondary N) is 2. The van der Waals surface area contributed by atoms with Gasteiger partial charge in [-0.05, 0) is 11.5 Å². The predicted molar refractivity (Wildman–Crippen MR) is 79.4 cm³/mol. The van der Waals surface area contributed by atoms with Crippen molar-refractivity contribution in [2.75, 3.05) is 6.61 Å². The smallest absolute Gasteiger partial charge is 0.323 e. The third kappa shape index (κ3) is 4.04. The summed E-state index contributed by atoms with van der Waals surface area (Å²) < 4.78 is 5.14. The van der Waals surface area contributed by atoms with Gasteiger partial charge in [-0.15, -0.1) is 0 Å². The first kappa shape index (κ1) is 15.5. The predicted octanol–water partition coefficient (Wildman–Crippen LogP) is 1.23. The molecule has 2 unspecified atom stereocenters. The van der Waals surface area contributed by atoms with Crippen molar-refractivity contribution in [3.63, 3.8) is 0 Å². The minimum Gasteiger partial charge on any atom is -0.462 e. The molecule has 2 N–H and O–H groups in total. The molecule has 1 heterocycles. The third-order valence-corrected chi connectivity index (χ3v) is 3.87. The van der Waals surface area contributed by atoms with Crippen LogP contribution in [0.3, 0.4) is 0 Å². The monoisotopic (exact) mass is 290 g/mol. The van der Waals surface area contributed by atoms with Crippen molar-refractivity contribution < 1.29 is 14.3 Å². The van der Waals surface area contributed by atoms with E-state index in [1.54, 1.807) is 0 Å². The Balaban J connectivity index is 1.89. The van der Waals surface area contributed by atoms with Gasteiger partial charge in [-0.2, -0.15) is 0 Å². The summed E-state index contributed by atoms with van der Waals surface area (Å²) in [5, 5.41) is 5.97. The normalized spacial score (nSPS) is 23.2. The van der Waals surface area contributed by atoms with E-state index in [0.717, 1.165) is 12.0 Å². The van der Waals surface area contributed by atoms with Gasteiger partial charge in [0.1, 0.15) is 18.7 Å². The zero-order valence-electron chi connectivity index (χ0n) is 12.5. The van der Waals surface area contributed by atoms with Gasteiger partial charge in [0.15, 0.2) is 0 Å². The van der Waals surface area contributed by atoms with E-state index in [1.165, 1.54) is 0 Å². The highest BCUT2D eigenvalue weighted by molar-refractivity contribution is 5.85.